The Hall–Kier alpha value is -4.14. The van der Waals surface area contributed by atoms with Crippen LogP contribution >= 0.6 is 0 Å². The fraction of sp³-hybridized carbons (Fsp3) is 0.257. The number of aliphatic hydroxyl groups excluding tert-OH is 1. The van der Waals surface area contributed by atoms with Gasteiger partial charge in [0.25, 0.3) is 5.91 Å². The van der Waals surface area contributed by atoms with E-state index in [4.69, 9.17) is 9.47 Å². The predicted octanol–water partition coefficient (Wildman–Crippen LogP) is 5.83. The van der Waals surface area contributed by atoms with E-state index in [2.05, 4.69) is 53.1 Å². The Balaban J connectivity index is 1.34. The second kappa shape index (κ2) is 14.2. The van der Waals surface area contributed by atoms with Crippen molar-refractivity contribution in [3.05, 3.63) is 138 Å². The molecule has 4 aromatic rings. The number of amides is 1. The first-order valence-corrected chi connectivity index (χ1v) is 14.2. The van der Waals surface area contributed by atoms with Gasteiger partial charge in [0.05, 0.1) is 24.4 Å². The van der Waals surface area contributed by atoms with E-state index in [1.807, 2.05) is 54.6 Å². The van der Waals surface area contributed by atoms with Gasteiger partial charge < -0.3 is 24.8 Å². The molecule has 0 saturated carbocycles. The molecule has 1 amide bonds. The van der Waals surface area contributed by atoms with Gasteiger partial charge in [-0.1, -0.05) is 66.7 Å². The average molecular weight is 564 g/mol. The SMILES string of the molecule is C=CCN(C)CC1CC(c2ccc(CO)cc2)OC(c2cccc(-c3cccc(CNC(=O)c4cccnc4)c3)c2)O1. The van der Waals surface area contributed by atoms with Crippen molar-refractivity contribution >= 4 is 5.91 Å². The van der Waals surface area contributed by atoms with Crippen molar-refractivity contribution in [2.45, 2.75) is 38.1 Å². The third-order valence-corrected chi connectivity index (χ3v) is 7.37. The standard InChI is InChI=1S/C35H37N3O4/c1-3-17-38(2)23-32-20-33(27-14-12-25(24-39)13-15-27)42-35(41-32)30-10-5-9-29(19-30)28-8-4-7-26(18-28)21-37-34(40)31-11-6-16-36-22-31/h3-16,18-19,22,32-33,35,39H,1,17,20-21,23-24H2,2H3,(H,37,40). The summed E-state index contributed by atoms with van der Waals surface area (Å²) in [5.41, 5.74) is 6.48. The summed E-state index contributed by atoms with van der Waals surface area (Å²) in [5.74, 6) is -0.157. The lowest BCUT2D eigenvalue weighted by Gasteiger charge is -2.37. The van der Waals surface area contributed by atoms with Crippen molar-refractivity contribution in [1.29, 1.82) is 0 Å². The van der Waals surface area contributed by atoms with Crippen LogP contribution in [0.25, 0.3) is 11.1 Å². The number of likely N-dealkylation sites (N-methyl/N-ethyl adjacent to an activating group) is 1. The number of hydrogen-bond acceptors (Lipinski definition) is 6. The van der Waals surface area contributed by atoms with Crippen molar-refractivity contribution in [3.8, 4) is 11.1 Å². The van der Waals surface area contributed by atoms with Gasteiger partial charge in [0.1, 0.15) is 0 Å². The summed E-state index contributed by atoms with van der Waals surface area (Å²) in [7, 11) is 2.06. The van der Waals surface area contributed by atoms with Crippen LogP contribution in [0.1, 0.15) is 51.4 Å². The van der Waals surface area contributed by atoms with Crippen LogP contribution in [0.5, 0.6) is 0 Å². The highest BCUT2D eigenvalue weighted by molar-refractivity contribution is 5.93. The third kappa shape index (κ3) is 7.57. The lowest BCUT2D eigenvalue weighted by atomic mass is 9.98. The van der Waals surface area contributed by atoms with Crippen LogP contribution in [-0.4, -0.2) is 47.1 Å². The smallest absolute Gasteiger partial charge is 0.253 e. The molecule has 3 unspecified atom stereocenters. The number of aromatic nitrogens is 1. The number of ether oxygens (including phenoxy) is 2. The molecule has 7 heteroatoms. The number of aliphatic hydroxyl groups is 1. The highest BCUT2D eigenvalue weighted by Gasteiger charge is 2.32. The van der Waals surface area contributed by atoms with Crippen LogP contribution < -0.4 is 5.32 Å². The lowest BCUT2D eigenvalue weighted by Crippen LogP contribution is -2.37. The minimum absolute atomic E-state index is 0.0113. The molecule has 1 aromatic heterocycles. The monoisotopic (exact) mass is 563 g/mol. The van der Waals surface area contributed by atoms with Gasteiger partial charge in [0, 0.05) is 44.0 Å². The first kappa shape index (κ1) is 29.4. The topological polar surface area (TPSA) is 83.9 Å². The van der Waals surface area contributed by atoms with E-state index in [0.717, 1.165) is 52.9 Å². The molecule has 1 fully saturated rings. The van der Waals surface area contributed by atoms with Gasteiger partial charge >= 0.3 is 0 Å². The van der Waals surface area contributed by atoms with Crippen LogP contribution in [0, 0.1) is 0 Å². The number of nitrogens with one attached hydrogen (secondary N) is 1. The minimum atomic E-state index is -0.537. The molecule has 2 N–H and O–H groups in total. The van der Waals surface area contributed by atoms with Gasteiger partial charge in [-0.15, -0.1) is 6.58 Å². The van der Waals surface area contributed by atoms with E-state index in [9.17, 15) is 9.90 Å². The number of rotatable bonds is 11. The van der Waals surface area contributed by atoms with Crippen LogP contribution in [0.3, 0.4) is 0 Å². The molecule has 0 radical (unpaired) electrons. The fourth-order valence-corrected chi connectivity index (χ4v) is 5.18. The molecule has 42 heavy (non-hydrogen) atoms. The number of carbonyl (C=O) groups excluding carboxylic acids is 1. The molecule has 216 valence electrons. The summed E-state index contributed by atoms with van der Waals surface area (Å²) in [6.07, 6.45) is 5.11. The molecule has 0 aliphatic carbocycles. The molecular weight excluding hydrogens is 526 g/mol. The van der Waals surface area contributed by atoms with E-state index >= 15 is 0 Å². The fourth-order valence-electron chi connectivity index (χ4n) is 5.18. The molecule has 1 aliphatic heterocycles. The van der Waals surface area contributed by atoms with E-state index < -0.39 is 6.29 Å². The molecule has 3 atom stereocenters. The van der Waals surface area contributed by atoms with E-state index in [0.29, 0.717) is 12.1 Å². The summed E-state index contributed by atoms with van der Waals surface area (Å²) in [6.45, 7) is 5.81. The summed E-state index contributed by atoms with van der Waals surface area (Å²) >= 11 is 0. The summed E-state index contributed by atoms with van der Waals surface area (Å²) in [4.78, 5) is 18.7. The Morgan fingerprint density at radius 1 is 1.00 bits per heavy atom. The van der Waals surface area contributed by atoms with Gasteiger partial charge in [0.2, 0.25) is 0 Å². The minimum Gasteiger partial charge on any atom is -0.392 e. The maximum atomic E-state index is 12.5. The molecule has 1 saturated heterocycles. The normalized spacial score (nSPS) is 18.5. The molecular formula is C35H37N3O4. The summed E-state index contributed by atoms with van der Waals surface area (Å²) < 4.78 is 13.1. The number of nitrogens with zero attached hydrogens (tertiary/aromatic N) is 2. The zero-order valence-electron chi connectivity index (χ0n) is 23.9. The molecule has 0 spiro atoms. The van der Waals surface area contributed by atoms with Gasteiger partial charge in [-0.2, -0.15) is 0 Å². The second-order valence-electron chi connectivity index (χ2n) is 10.6. The maximum Gasteiger partial charge on any atom is 0.253 e. The van der Waals surface area contributed by atoms with E-state index in [1.54, 1.807) is 24.5 Å². The zero-order valence-corrected chi connectivity index (χ0v) is 23.9. The largest absolute Gasteiger partial charge is 0.392 e. The van der Waals surface area contributed by atoms with Crippen molar-refractivity contribution in [2.24, 2.45) is 0 Å². The van der Waals surface area contributed by atoms with Crippen LogP contribution in [0.15, 0.2) is 110 Å². The number of benzene rings is 3. The van der Waals surface area contributed by atoms with Gasteiger partial charge in [-0.3, -0.25) is 9.78 Å². The van der Waals surface area contributed by atoms with Crippen LogP contribution in [0.4, 0.5) is 0 Å². The number of pyridine rings is 1. The van der Waals surface area contributed by atoms with Gasteiger partial charge in [-0.05, 0) is 59.1 Å². The Bertz CT molecular complexity index is 1480. The van der Waals surface area contributed by atoms with Crippen LogP contribution in [-0.2, 0) is 22.6 Å². The molecule has 7 nitrogen and oxygen atoms in total. The Morgan fingerprint density at radius 2 is 1.79 bits per heavy atom. The van der Waals surface area contributed by atoms with Crippen LogP contribution in [0.2, 0.25) is 0 Å². The average Bonchev–Trinajstić information content (AvgIpc) is 3.04. The highest BCUT2D eigenvalue weighted by atomic mass is 16.7. The first-order valence-electron chi connectivity index (χ1n) is 14.2. The Kier molecular flexibility index (Phi) is 9.90. The first-order chi connectivity index (χ1) is 20.5. The van der Waals surface area contributed by atoms with Gasteiger partial charge in [-0.25, -0.2) is 0 Å². The van der Waals surface area contributed by atoms with Crippen molar-refractivity contribution in [3.63, 3.8) is 0 Å². The van der Waals surface area contributed by atoms with E-state index in [-0.39, 0.29) is 24.7 Å². The maximum absolute atomic E-state index is 12.5. The third-order valence-electron chi connectivity index (χ3n) is 7.37. The Morgan fingerprint density at radius 3 is 2.52 bits per heavy atom. The Labute approximate surface area is 247 Å². The lowest BCUT2D eigenvalue weighted by molar-refractivity contribution is -0.252. The van der Waals surface area contributed by atoms with E-state index in [1.165, 1.54) is 0 Å². The predicted molar refractivity (Wildman–Crippen MR) is 163 cm³/mol. The summed E-state index contributed by atoms with van der Waals surface area (Å²) in [6, 6.07) is 27.8. The molecule has 3 aromatic carbocycles. The van der Waals surface area contributed by atoms with Crippen molar-refractivity contribution in [1.82, 2.24) is 15.2 Å². The number of hydrogen-bond donors (Lipinski definition) is 2. The quantitative estimate of drug-likeness (QED) is 0.223. The molecule has 5 rings (SSSR count). The summed E-state index contributed by atoms with van der Waals surface area (Å²) in [5, 5.41) is 12.4. The molecule has 1 aliphatic rings. The highest BCUT2D eigenvalue weighted by Crippen LogP contribution is 2.39. The van der Waals surface area contributed by atoms with Crippen molar-refractivity contribution < 1.29 is 19.4 Å². The molecule has 2 heterocycles. The van der Waals surface area contributed by atoms with Crippen molar-refractivity contribution in [2.75, 3.05) is 20.1 Å². The number of carbonyl (C=O) groups is 1. The zero-order chi connectivity index (χ0) is 29.3. The molecule has 0 bridgehead atoms. The second-order valence-corrected chi connectivity index (χ2v) is 10.6. The van der Waals surface area contributed by atoms with Gasteiger partial charge in [0.15, 0.2) is 6.29 Å².